The number of ether oxygens (including phenoxy) is 1. The second kappa shape index (κ2) is 5.46. The lowest BCUT2D eigenvalue weighted by Gasteiger charge is -2.29. The minimum atomic E-state index is -1.85. The van der Waals surface area contributed by atoms with Crippen LogP contribution in [0.5, 0.6) is 0 Å². The summed E-state index contributed by atoms with van der Waals surface area (Å²) in [6, 6.07) is 8.70. The summed E-state index contributed by atoms with van der Waals surface area (Å²) in [5.74, 6) is 0. The first kappa shape index (κ1) is 14.3. The Balaban J connectivity index is 2.50. The molecule has 1 aromatic carbocycles. The third-order valence-corrected chi connectivity index (χ3v) is 4.05. The van der Waals surface area contributed by atoms with Crippen LogP contribution in [0.2, 0.25) is 0 Å². The summed E-state index contributed by atoms with van der Waals surface area (Å²) in [4.78, 5) is 21.6. The van der Waals surface area contributed by atoms with Crippen LogP contribution in [0.4, 0.5) is 4.79 Å². The smallest absolute Gasteiger partial charge is 0.450 e. The number of halogens is 1. The van der Waals surface area contributed by atoms with Crippen molar-refractivity contribution in [1.29, 1.82) is 0 Å². The summed E-state index contributed by atoms with van der Waals surface area (Å²) in [6.45, 7) is 0. The minimum Gasteiger partial charge on any atom is -0.450 e. The maximum Gasteiger partial charge on any atom is 0.506 e. The third-order valence-electron chi connectivity index (χ3n) is 2.88. The molecular weight excluding hydrogens is 330 g/mol. The molecule has 1 N–H and O–H groups in total. The first-order valence-corrected chi connectivity index (χ1v) is 6.43. The van der Waals surface area contributed by atoms with E-state index in [0.29, 0.717) is 11.1 Å². The number of rotatable bonds is 3. The molecule has 1 aromatic rings. The number of carboxylic acid groups (broad SMARTS) is 1. The standard InChI is InChI=1S/C13H10BrNO5/c14-13(15(18)19)10(9-5-2-1-3-6-9)7-4-8-11(13)20-12(16)17/h1-8,11H,(H,16,17). The van der Waals surface area contributed by atoms with Crippen molar-refractivity contribution in [1.82, 2.24) is 0 Å². The van der Waals surface area contributed by atoms with Crippen molar-refractivity contribution >= 4 is 27.7 Å². The summed E-state index contributed by atoms with van der Waals surface area (Å²) in [7, 11) is 0. The first-order valence-electron chi connectivity index (χ1n) is 5.63. The van der Waals surface area contributed by atoms with Crippen LogP contribution in [-0.4, -0.2) is 26.7 Å². The molecule has 2 unspecified atom stereocenters. The highest BCUT2D eigenvalue weighted by Crippen LogP contribution is 2.42. The van der Waals surface area contributed by atoms with E-state index >= 15 is 0 Å². The summed E-state index contributed by atoms with van der Waals surface area (Å²) < 4.78 is 2.77. The van der Waals surface area contributed by atoms with Crippen molar-refractivity contribution in [2.24, 2.45) is 0 Å². The number of nitrogens with zero attached hydrogens (tertiary/aromatic N) is 1. The molecule has 0 radical (unpaired) electrons. The Labute approximate surface area is 122 Å². The first-order chi connectivity index (χ1) is 9.46. The maximum atomic E-state index is 11.5. The van der Waals surface area contributed by atoms with E-state index in [9.17, 15) is 14.9 Å². The summed E-state index contributed by atoms with van der Waals surface area (Å²) in [5, 5.41) is 20.2. The van der Waals surface area contributed by atoms with E-state index in [1.54, 1.807) is 42.5 Å². The van der Waals surface area contributed by atoms with E-state index < -0.39 is 21.6 Å². The van der Waals surface area contributed by atoms with Crippen LogP contribution in [0.15, 0.2) is 48.6 Å². The van der Waals surface area contributed by atoms with Gasteiger partial charge in [0, 0.05) is 20.9 Å². The van der Waals surface area contributed by atoms with Crippen molar-refractivity contribution in [2.75, 3.05) is 0 Å². The average molecular weight is 340 g/mol. The van der Waals surface area contributed by atoms with Crippen molar-refractivity contribution in [3.8, 4) is 0 Å². The number of benzene rings is 1. The van der Waals surface area contributed by atoms with Crippen molar-refractivity contribution in [3.05, 3.63) is 64.2 Å². The van der Waals surface area contributed by atoms with Gasteiger partial charge in [0.25, 0.3) is 0 Å². The fourth-order valence-corrected chi connectivity index (χ4v) is 2.60. The van der Waals surface area contributed by atoms with Crippen LogP contribution in [0.25, 0.3) is 5.57 Å². The predicted molar refractivity (Wildman–Crippen MR) is 75.1 cm³/mol. The Morgan fingerprint density at radius 1 is 1.40 bits per heavy atom. The van der Waals surface area contributed by atoms with Gasteiger partial charge in [0.15, 0.2) is 0 Å². The molecule has 7 heteroatoms. The molecule has 0 saturated carbocycles. The highest BCUT2D eigenvalue weighted by atomic mass is 79.9. The topological polar surface area (TPSA) is 89.7 Å². The third kappa shape index (κ3) is 2.44. The van der Waals surface area contributed by atoms with Gasteiger partial charge in [-0.3, -0.25) is 10.1 Å². The summed E-state index contributed by atoms with van der Waals surface area (Å²) in [6.07, 6.45) is 1.61. The molecule has 0 spiro atoms. The molecule has 2 rings (SSSR count). The predicted octanol–water partition coefficient (Wildman–Crippen LogP) is 3.07. The lowest BCUT2D eigenvalue weighted by molar-refractivity contribution is -0.527. The van der Waals surface area contributed by atoms with E-state index in [1.165, 1.54) is 6.08 Å². The number of hydrogen-bond donors (Lipinski definition) is 1. The highest BCUT2D eigenvalue weighted by Gasteiger charge is 2.54. The van der Waals surface area contributed by atoms with Gasteiger partial charge in [-0.05, 0) is 11.6 Å². The highest BCUT2D eigenvalue weighted by molar-refractivity contribution is 9.10. The summed E-state index contributed by atoms with van der Waals surface area (Å²) >= 11 is 3.05. The lowest BCUT2D eigenvalue weighted by atomic mass is 9.91. The fraction of sp³-hybridized carbons (Fsp3) is 0.154. The van der Waals surface area contributed by atoms with Crippen molar-refractivity contribution in [3.63, 3.8) is 0 Å². The molecule has 1 aliphatic carbocycles. The Morgan fingerprint density at radius 3 is 2.60 bits per heavy atom. The number of hydrogen-bond acceptors (Lipinski definition) is 4. The molecular formula is C13H10BrNO5. The molecule has 0 saturated heterocycles. The van der Waals surface area contributed by atoms with Crippen LogP contribution < -0.4 is 0 Å². The normalized spacial score (nSPS) is 24.9. The van der Waals surface area contributed by atoms with Crippen LogP contribution in [0, 0.1) is 10.1 Å². The van der Waals surface area contributed by atoms with Crippen LogP contribution in [0.3, 0.4) is 0 Å². The van der Waals surface area contributed by atoms with Crippen LogP contribution in [0.1, 0.15) is 5.56 Å². The van der Waals surface area contributed by atoms with E-state index in [1.807, 2.05) is 0 Å². The Bertz CT molecular complexity index is 598. The van der Waals surface area contributed by atoms with Crippen molar-refractivity contribution < 1.29 is 19.6 Å². The van der Waals surface area contributed by atoms with Gasteiger partial charge < -0.3 is 9.84 Å². The number of allylic oxidation sites excluding steroid dienone is 2. The zero-order chi connectivity index (χ0) is 14.8. The van der Waals surface area contributed by atoms with Crippen LogP contribution >= 0.6 is 15.9 Å². The quantitative estimate of drug-likeness (QED) is 0.300. The lowest BCUT2D eigenvalue weighted by Crippen LogP contribution is -2.47. The minimum absolute atomic E-state index is 0.330. The largest absolute Gasteiger partial charge is 0.506 e. The fourth-order valence-electron chi connectivity index (χ4n) is 1.99. The average Bonchev–Trinajstić information content (AvgIpc) is 2.41. The summed E-state index contributed by atoms with van der Waals surface area (Å²) in [5.41, 5.74) is 0.946. The molecule has 0 bridgehead atoms. The van der Waals surface area contributed by atoms with E-state index in [2.05, 4.69) is 20.7 Å². The van der Waals surface area contributed by atoms with Gasteiger partial charge in [0.1, 0.15) is 0 Å². The number of alkyl halides is 1. The van der Waals surface area contributed by atoms with Gasteiger partial charge in [-0.15, -0.1) is 0 Å². The monoisotopic (exact) mass is 339 g/mol. The second-order valence-electron chi connectivity index (χ2n) is 4.07. The maximum absolute atomic E-state index is 11.5. The number of nitro groups is 1. The van der Waals surface area contributed by atoms with Crippen LogP contribution in [-0.2, 0) is 4.74 Å². The molecule has 20 heavy (non-hydrogen) atoms. The van der Waals surface area contributed by atoms with Gasteiger partial charge in [-0.1, -0.05) is 42.5 Å². The van der Waals surface area contributed by atoms with Gasteiger partial charge >= 0.3 is 10.6 Å². The molecule has 0 heterocycles. The van der Waals surface area contributed by atoms with Gasteiger partial charge in [-0.2, -0.15) is 0 Å². The Kier molecular flexibility index (Phi) is 3.89. The molecule has 2 atom stereocenters. The Hall–Kier alpha value is -2.15. The molecule has 1 aliphatic rings. The zero-order valence-electron chi connectivity index (χ0n) is 10.1. The molecule has 0 amide bonds. The number of carbonyl (C=O) groups is 1. The van der Waals surface area contributed by atoms with E-state index in [4.69, 9.17) is 5.11 Å². The molecule has 104 valence electrons. The second-order valence-corrected chi connectivity index (χ2v) is 5.28. The molecule has 0 aromatic heterocycles. The zero-order valence-corrected chi connectivity index (χ0v) is 11.7. The Morgan fingerprint density at radius 2 is 2.05 bits per heavy atom. The molecule has 6 nitrogen and oxygen atoms in total. The molecule has 0 fully saturated rings. The SMILES string of the molecule is O=C(O)OC1C=CC=C(c2ccccc2)C1(Br)[N+](=O)[O-]. The van der Waals surface area contributed by atoms with Gasteiger partial charge in [0.05, 0.1) is 5.57 Å². The van der Waals surface area contributed by atoms with E-state index in [0.717, 1.165) is 0 Å². The van der Waals surface area contributed by atoms with Gasteiger partial charge in [0.2, 0.25) is 6.10 Å². The molecule has 0 aliphatic heterocycles. The van der Waals surface area contributed by atoms with Crippen molar-refractivity contribution in [2.45, 2.75) is 10.6 Å². The van der Waals surface area contributed by atoms with E-state index in [-0.39, 0.29) is 0 Å². The van der Waals surface area contributed by atoms with Gasteiger partial charge in [-0.25, -0.2) is 4.79 Å².